The molecule has 0 saturated carbocycles. The number of ether oxygens (including phenoxy) is 2. The van der Waals surface area contributed by atoms with Gasteiger partial charge in [0.05, 0.1) is 0 Å². The molecule has 0 aliphatic carbocycles. The van der Waals surface area contributed by atoms with E-state index in [1.54, 1.807) is 6.08 Å². The zero-order chi connectivity index (χ0) is 11.0. The Kier molecular flexibility index (Phi) is 1.94. The Hall–Kier alpha value is -2.21. The van der Waals surface area contributed by atoms with Crippen molar-refractivity contribution in [1.82, 2.24) is 0 Å². The molecule has 0 N–H and O–H groups in total. The predicted octanol–water partition coefficient (Wildman–Crippen LogP) is 2.48. The van der Waals surface area contributed by atoms with E-state index in [0.29, 0.717) is 12.4 Å². The Labute approximate surface area is 93.2 Å². The van der Waals surface area contributed by atoms with Crippen LogP contribution in [0.2, 0.25) is 0 Å². The van der Waals surface area contributed by atoms with Crippen LogP contribution in [0.5, 0.6) is 5.75 Å². The Balaban J connectivity index is 2.06. The standard InChI is InChI=1S/C13H9NO2/c14-7-10-6-5-9-8-15-12-4-2-1-3-11(12)13(9)16-10/h1-6,13H,8H2. The summed E-state index contributed by atoms with van der Waals surface area (Å²) in [5, 5.41) is 8.83. The molecule has 3 heteroatoms. The molecule has 1 aromatic carbocycles. The molecule has 78 valence electrons. The van der Waals surface area contributed by atoms with Crippen molar-refractivity contribution >= 4 is 0 Å². The number of hydrogen-bond acceptors (Lipinski definition) is 3. The minimum atomic E-state index is -0.162. The van der Waals surface area contributed by atoms with Gasteiger partial charge in [0.25, 0.3) is 0 Å². The first-order valence-corrected chi connectivity index (χ1v) is 5.08. The van der Waals surface area contributed by atoms with E-state index in [4.69, 9.17) is 14.7 Å². The average molecular weight is 211 g/mol. The second kappa shape index (κ2) is 3.42. The highest BCUT2D eigenvalue weighted by molar-refractivity contribution is 5.45. The van der Waals surface area contributed by atoms with E-state index in [2.05, 4.69) is 0 Å². The fraction of sp³-hybridized carbons (Fsp3) is 0.154. The van der Waals surface area contributed by atoms with E-state index in [9.17, 15) is 0 Å². The number of benzene rings is 1. The van der Waals surface area contributed by atoms with Crippen LogP contribution in [0, 0.1) is 11.3 Å². The molecule has 3 nitrogen and oxygen atoms in total. The maximum atomic E-state index is 8.83. The van der Waals surface area contributed by atoms with E-state index in [1.807, 2.05) is 36.4 Å². The van der Waals surface area contributed by atoms with E-state index >= 15 is 0 Å². The van der Waals surface area contributed by atoms with Crippen LogP contribution in [0.25, 0.3) is 0 Å². The highest BCUT2D eigenvalue weighted by Gasteiger charge is 2.29. The molecule has 1 aromatic rings. The number of fused-ring (bicyclic) bond motifs is 3. The Morgan fingerprint density at radius 1 is 1.25 bits per heavy atom. The zero-order valence-electron chi connectivity index (χ0n) is 8.51. The number of nitriles is 1. The lowest BCUT2D eigenvalue weighted by Crippen LogP contribution is -2.21. The molecule has 2 aliphatic heterocycles. The first kappa shape index (κ1) is 9.05. The van der Waals surface area contributed by atoms with E-state index in [0.717, 1.165) is 16.9 Å². The summed E-state index contributed by atoms with van der Waals surface area (Å²) >= 11 is 0. The monoisotopic (exact) mass is 211 g/mol. The highest BCUT2D eigenvalue weighted by atomic mass is 16.5. The molecular formula is C13H9NO2. The van der Waals surface area contributed by atoms with Crippen LogP contribution in [0.3, 0.4) is 0 Å². The molecule has 0 spiro atoms. The molecule has 16 heavy (non-hydrogen) atoms. The van der Waals surface area contributed by atoms with Gasteiger partial charge in [-0.15, -0.1) is 0 Å². The topological polar surface area (TPSA) is 42.2 Å². The van der Waals surface area contributed by atoms with Crippen molar-refractivity contribution in [2.24, 2.45) is 0 Å². The Morgan fingerprint density at radius 2 is 2.12 bits per heavy atom. The van der Waals surface area contributed by atoms with Crippen LogP contribution in [0.4, 0.5) is 0 Å². The van der Waals surface area contributed by atoms with Crippen molar-refractivity contribution in [2.45, 2.75) is 6.10 Å². The molecule has 0 saturated heterocycles. The number of nitrogens with zero attached hydrogens (tertiary/aromatic N) is 1. The molecular weight excluding hydrogens is 202 g/mol. The summed E-state index contributed by atoms with van der Waals surface area (Å²) in [7, 11) is 0. The average Bonchev–Trinajstić information content (AvgIpc) is 2.38. The molecule has 1 unspecified atom stereocenters. The first-order valence-electron chi connectivity index (χ1n) is 5.08. The molecule has 0 aromatic heterocycles. The van der Waals surface area contributed by atoms with Crippen LogP contribution < -0.4 is 4.74 Å². The van der Waals surface area contributed by atoms with Crippen molar-refractivity contribution in [2.75, 3.05) is 6.61 Å². The highest BCUT2D eigenvalue weighted by Crippen LogP contribution is 2.40. The third kappa shape index (κ3) is 1.28. The minimum absolute atomic E-state index is 0.162. The van der Waals surface area contributed by atoms with Crippen molar-refractivity contribution in [1.29, 1.82) is 5.26 Å². The van der Waals surface area contributed by atoms with Crippen molar-refractivity contribution in [3.8, 4) is 11.8 Å². The Bertz CT molecular complexity index is 537. The largest absolute Gasteiger partial charge is 0.489 e. The first-order chi connectivity index (χ1) is 7.88. The molecule has 0 amide bonds. The van der Waals surface area contributed by atoms with E-state index < -0.39 is 0 Å². The zero-order valence-corrected chi connectivity index (χ0v) is 8.51. The van der Waals surface area contributed by atoms with Gasteiger partial charge in [-0.05, 0) is 12.1 Å². The van der Waals surface area contributed by atoms with Crippen LogP contribution in [-0.4, -0.2) is 6.61 Å². The second-order valence-electron chi connectivity index (χ2n) is 3.71. The Morgan fingerprint density at radius 3 is 3.00 bits per heavy atom. The van der Waals surface area contributed by atoms with Gasteiger partial charge < -0.3 is 9.47 Å². The number of hydrogen-bond donors (Lipinski definition) is 0. The van der Waals surface area contributed by atoms with Gasteiger partial charge in [0.15, 0.2) is 11.9 Å². The van der Waals surface area contributed by atoms with Gasteiger partial charge in [-0.25, -0.2) is 0 Å². The molecule has 1 atom stereocenters. The predicted molar refractivity (Wildman–Crippen MR) is 57.5 cm³/mol. The maximum Gasteiger partial charge on any atom is 0.198 e. The summed E-state index contributed by atoms with van der Waals surface area (Å²) < 4.78 is 11.2. The van der Waals surface area contributed by atoms with Crippen LogP contribution in [0.15, 0.2) is 47.7 Å². The summed E-state index contributed by atoms with van der Waals surface area (Å²) in [6.45, 7) is 0.525. The van der Waals surface area contributed by atoms with Crippen LogP contribution in [-0.2, 0) is 4.74 Å². The minimum Gasteiger partial charge on any atom is -0.489 e. The summed E-state index contributed by atoms with van der Waals surface area (Å²) in [5.41, 5.74) is 2.04. The van der Waals surface area contributed by atoms with Gasteiger partial charge in [0, 0.05) is 11.1 Å². The molecule has 2 heterocycles. The fourth-order valence-corrected chi connectivity index (χ4v) is 1.95. The summed E-state index contributed by atoms with van der Waals surface area (Å²) in [6, 6.07) is 9.77. The van der Waals surface area contributed by atoms with Gasteiger partial charge >= 0.3 is 0 Å². The quantitative estimate of drug-likeness (QED) is 0.662. The van der Waals surface area contributed by atoms with Gasteiger partial charge in [0.2, 0.25) is 0 Å². The third-order valence-corrected chi connectivity index (χ3v) is 2.74. The van der Waals surface area contributed by atoms with Crippen molar-refractivity contribution in [3.05, 3.63) is 53.3 Å². The molecule has 0 fully saturated rings. The van der Waals surface area contributed by atoms with Crippen LogP contribution in [0.1, 0.15) is 11.7 Å². The summed E-state index contributed by atoms with van der Waals surface area (Å²) in [5.74, 6) is 1.19. The van der Waals surface area contributed by atoms with E-state index in [1.165, 1.54) is 0 Å². The fourth-order valence-electron chi connectivity index (χ4n) is 1.95. The number of rotatable bonds is 0. The molecule has 0 bridgehead atoms. The second-order valence-corrected chi connectivity index (χ2v) is 3.71. The smallest absolute Gasteiger partial charge is 0.198 e. The lowest BCUT2D eigenvalue weighted by atomic mass is 9.96. The van der Waals surface area contributed by atoms with Crippen molar-refractivity contribution in [3.63, 3.8) is 0 Å². The molecule has 3 rings (SSSR count). The lowest BCUT2D eigenvalue weighted by Gasteiger charge is -2.30. The number of para-hydroxylation sites is 1. The van der Waals surface area contributed by atoms with Gasteiger partial charge in [-0.1, -0.05) is 24.3 Å². The summed E-state index contributed by atoms with van der Waals surface area (Å²) in [6.07, 6.45) is 3.43. The van der Waals surface area contributed by atoms with Gasteiger partial charge in [0.1, 0.15) is 18.4 Å². The molecule has 0 radical (unpaired) electrons. The van der Waals surface area contributed by atoms with Crippen LogP contribution >= 0.6 is 0 Å². The van der Waals surface area contributed by atoms with E-state index in [-0.39, 0.29) is 6.10 Å². The number of allylic oxidation sites excluding steroid dienone is 3. The lowest BCUT2D eigenvalue weighted by molar-refractivity contribution is 0.125. The van der Waals surface area contributed by atoms with Gasteiger partial charge in [-0.2, -0.15) is 5.26 Å². The SMILES string of the molecule is N#CC1=CC=C2COc3ccccc3C2O1. The third-order valence-electron chi connectivity index (χ3n) is 2.74. The van der Waals surface area contributed by atoms with Crippen molar-refractivity contribution < 1.29 is 9.47 Å². The normalized spacial score (nSPS) is 21.3. The maximum absolute atomic E-state index is 8.83. The molecule has 2 aliphatic rings. The summed E-state index contributed by atoms with van der Waals surface area (Å²) in [4.78, 5) is 0. The van der Waals surface area contributed by atoms with Gasteiger partial charge in [-0.3, -0.25) is 0 Å².